The van der Waals surface area contributed by atoms with E-state index in [0.29, 0.717) is 42.7 Å². The van der Waals surface area contributed by atoms with Gasteiger partial charge in [-0.2, -0.15) is 0 Å². The molecule has 1 unspecified atom stereocenters. The van der Waals surface area contributed by atoms with Crippen LogP contribution in [0.2, 0.25) is 0 Å². The summed E-state index contributed by atoms with van der Waals surface area (Å²) in [5.41, 5.74) is 1.61. The molecule has 4 heterocycles. The molecule has 0 saturated carbocycles. The lowest BCUT2D eigenvalue weighted by Gasteiger charge is -2.27. The van der Waals surface area contributed by atoms with Crippen molar-refractivity contribution < 1.29 is 14.3 Å². The van der Waals surface area contributed by atoms with Crippen molar-refractivity contribution in [2.75, 3.05) is 44.4 Å². The fraction of sp³-hybridized carbons (Fsp3) is 0.474. The Morgan fingerprint density at radius 3 is 2.85 bits per heavy atom. The van der Waals surface area contributed by atoms with Crippen LogP contribution in [-0.2, 0) is 9.47 Å². The smallest absolute Gasteiger partial charge is 0.255 e. The van der Waals surface area contributed by atoms with E-state index < -0.39 is 0 Å². The number of nitrogens with zero attached hydrogens (tertiary/aromatic N) is 4. The van der Waals surface area contributed by atoms with Gasteiger partial charge < -0.3 is 19.7 Å². The van der Waals surface area contributed by atoms with Gasteiger partial charge in [-0.25, -0.2) is 9.97 Å². The Labute approximate surface area is 157 Å². The zero-order valence-corrected chi connectivity index (χ0v) is 15.1. The molecule has 1 N–H and O–H groups in total. The monoisotopic (exact) mass is 369 g/mol. The molecule has 27 heavy (non-hydrogen) atoms. The number of morpholine rings is 1. The van der Waals surface area contributed by atoms with E-state index in [0.717, 1.165) is 32.5 Å². The van der Waals surface area contributed by atoms with Gasteiger partial charge in [-0.3, -0.25) is 9.78 Å². The lowest BCUT2D eigenvalue weighted by atomic mass is 10.1. The molecule has 2 saturated heterocycles. The van der Waals surface area contributed by atoms with Crippen molar-refractivity contribution in [2.24, 2.45) is 0 Å². The standard InChI is InChI=1S/C19H23N5O3/c25-18(21-12-14-4-3-9-27-14)15-13-22-19(24-7-10-26-11-8-24)23-17(15)16-5-1-2-6-20-16/h1-2,5-6,13-14H,3-4,7-12H2,(H,21,25). The Hall–Kier alpha value is -2.58. The Morgan fingerprint density at radius 1 is 1.22 bits per heavy atom. The molecule has 2 aromatic heterocycles. The molecule has 2 fully saturated rings. The molecule has 4 rings (SSSR count). The van der Waals surface area contributed by atoms with Crippen LogP contribution in [-0.4, -0.2) is 66.4 Å². The molecule has 0 bridgehead atoms. The Bertz CT molecular complexity index is 774. The SMILES string of the molecule is O=C(NCC1CCCO1)c1cnc(N2CCOCC2)nc1-c1ccccn1. The molecule has 2 aliphatic rings. The van der Waals surface area contributed by atoms with E-state index in [1.807, 2.05) is 18.2 Å². The molecular formula is C19H23N5O3. The van der Waals surface area contributed by atoms with Gasteiger partial charge in [-0.05, 0) is 25.0 Å². The van der Waals surface area contributed by atoms with Crippen LogP contribution in [0.5, 0.6) is 0 Å². The predicted molar refractivity (Wildman–Crippen MR) is 99.6 cm³/mol. The zero-order valence-electron chi connectivity index (χ0n) is 15.1. The molecule has 8 nitrogen and oxygen atoms in total. The van der Waals surface area contributed by atoms with Gasteiger partial charge in [0.2, 0.25) is 5.95 Å². The van der Waals surface area contributed by atoms with Crippen LogP contribution in [0.15, 0.2) is 30.6 Å². The van der Waals surface area contributed by atoms with E-state index >= 15 is 0 Å². The van der Waals surface area contributed by atoms with Crippen molar-refractivity contribution in [3.05, 3.63) is 36.2 Å². The average molecular weight is 369 g/mol. The molecule has 2 aromatic rings. The van der Waals surface area contributed by atoms with E-state index in [2.05, 4.69) is 25.2 Å². The molecule has 0 spiro atoms. The summed E-state index contributed by atoms with van der Waals surface area (Å²) >= 11 is 0. The van der Waals surface area contributed by atoms with Crippen molar-refractivity contribution in [3.8, 4) is 11.4 Å². The van der Waals surface area contributed by atoms with E-state index in [1.165, 1.54) is 0 Å². The molecule has 0 radical (unpaired) electrons. The summed E-state index contributed by atoms with van der Waals surface area (Å²) in [4.78, 5) is 28.3. The second kappa shape index (κ2) is 8.41. The second-order valence-electron chi connectivity index (χ2n) is 6.59. The largest absolute Gasteiger partial charge is 0.378 e. The molecule has 1 amide bonds. The summed E-state index contributed by atoms with van der Waals surface area (Å²) in [7, 11) is 0. The quantitative estimate of drug-likeness (QED) is 0.849. The average Bonchev–Trinajstić information content (AvgIpc) is 3.26. The maximum Gasteiger partial charge on any atom is 0.255 e. The summed E-state index contributed by atoms with van der Waals surface area (Å²) < 4.78 is 11.0. The first kappa shape index (κ1) is 17.8. The summed E-state index contributed by atoms with van der Waals surface area (Å²) in [5, 5.41) is 2.94. The number of hydrogen-bond acceptors (Lipinski definition) is 7. The number of anilines is 1. The zero-order chi connectivity index (χ0) is 18.5. The number of hydrogen-bond donors (Lipinski definition) is 1. The minimum absolute atomic E-state index is 0.0841. The summed E-state index contributed by atoms with van der Waals surface area (Å²) in [6, 6.07) is 5.57. The number of carbonyl (C=O) groups is 1. The number of nitrogens with one attached hydrogen (secondary N) is 1. The number of carbonyl (C=O) groups excluding carboxylic acids is 1. The maximum absolute atomic E-state index is 12.8. The highest BCUT2D eigenvalue weighted by Gasteiger charge is 2.22. The fourth-order valence-corrected chi connectivity index (χ4v) is 3.26. The lowest BCUT2D eigenvalue weighted by Crippen LogP contribution is -2.37. The van der Waals surface area contributed by atoms with E-state index in [4.69, 9.17) is 9.47 Å². The maximum atomic E-state index is 12.8. The van der Waals surface area contributed by atoms with Crippen molar-refractivity contribution in [1.82, 2.24) is 20.3 Å². The number of aromatic nitrogens is 3. The molecule has 0 aliphatic carbocycles. The predicted octanol–water partition coefficient (Wildman–Crippen LogP) is 1.28. The molecule has 8 heteroatoms. The lowest BCUT2D eigenvalue weighted by molar-refractivity contribution is 0.0857. The van der Waals surface area contributed by atoms with Gasteiger partial charge in [-0.1, -0.05) is 6.07 Å². The van der Waals surface area contributed by atoms with Crippen LogP contribution in [0.25, 0.3) is 11.4 Å². The summed E-state index contributed by atoms with van der Waals surface area (Å²) in [5.74, 6) is 0.384. The minimum Gasteiger partial charge on any atom is -0.378 e. The van der Waals surface area contributed by atoms with Crippen LogP contribution in [0.3, 0.4) is 0 Å². The van der Waals surface area contributed by atoms with Crippen LogP contribution in [0, 0.1) is 0 Å². The molecule has 1 atom stereocenters. The Balaban J connectivity index is 1.60. The van der Waals surface area contributed by atoms with Gasteiger partial charge in [0.15, 0.2) is 0 Å². The van der Waals surface area contributed by atoms with Crippen LogP contribution >= 0.6 is 0 Å². The van der Waals surface area contributed by atoms with Crippen molar-refractivity contribution in [3.63, 3.8) is 0 Å². The van der Waals surface area contributed by atoms with Gasteiger partial charge in [0.1, 0.15) is 5.69 Å². The van der Waals surface area contributed by atoms with Gasteiger partial charge in [-0.15, -0.1) is 0 Å². The van der Waals surface area contributed by atoms with Gasteiger partial charge in [0.25, 0.3) is 5.91 Å². The highest BCUT2D eigenvalue weighted by atomic mass is 16.5. The number of ether oxygens (including phenoxy) is 2. The van der Waals surface area contributed by atoms with Crippen molar-refractivity contribution in [1.29, 1.82) is 0 Å². The highest BCUT2D eigenvalue weighted by Crippen LogP contribution is 2.22. The molecule has 2 aliphatic heterocycles. The highest BCUT2D eigenvalue weighted by molar-refractivity contribution is 5.99. The minimum atomic E-state index is -0.209. The topological polar surface area (TPSA) is 89.5 Å². The van der Waals surface area contributed by atoms with E-state index in [1.54, 1.807) is 12.4 Å². The molecule has 142 valence electrons. The Kier molecular flexibility index (Phi) is 5.55. The number of pyridine rings is 1. The van der Waals surface area contributed by atoms with Crippen LogP contribution in [0.1, 0.15) is 23.2 Å². The third kappa shape index (κ3) is 4.23. The van der Waals surface area contributed by atoms with Crippen molar-refractivity contribution >= 4 is 11.9 Å². The summed E-state index contributed by atoms with van der Waals surface area (Å²) in [6.45, 7) is 4.00. The first-order chi connectivity index (χ1) is 13.3. The Morgan fingerprint density at radius 2 is 2.11 bits per heavy atom. The number of amides is 1. The van der Waals surface area contributed by atoms with E-state index in [9.17, 15) is 4.79 Å². The first-order valence-electron chi connectivity index (χ1n) is 9.32. The second-order valence-corrected chi connectivity index (χ2v) is 6.59. The fourth-order valence-electron chi connectivity index (χ4n) is 3.26. The van der Waals surface area contributed by atoms with Gasteiger partial charge >= 0.3 is 0 Å². The normalized spacial score (nSPS) is 19.9. The summed E-state index contributed by atoms with van der Waals surface area (Å²) in [6.07, 6.45) is 5.38. The van der Waals surface area contributed by atoms with Crippen LogP contribution in [0.4, 0.5) is 5.95 Å². The third-order valence-electron chi connectivity index (χ3n) is 4.74. The van der Waals surface area contributed by atoms with Gasteiger partial charge in [0.05, 0.1) is 30.6 Å². The van der Waals surface area contributed by atoms with Gasteiger partial charge in [0, 0.05) is 38.6 Å². The van der Waals surface area contributed by atoms with Crippen molar-refractivity contribution in [2.45, 2.75) is 18.9 Å². The number of rotatable bonds is 5. The molecule has 0 aromatic carbocycles. The molecular weight excluding hydrogens is 346 g/mol. The van der Waals surface area contributed by atoms with Crippen LogP contribution < -0.4 is 10.2 Å². The van der Waals surface area contributed by atoms with E-state index in [-0.39, 0.29) is 12.0 Å². The first-order valence-corrected chi connectivity index (χ1v) is 9.32. The third-order valence-corrected chi connectivity index (χ3v) is 4.74.